The van der Waals surface area contributed by atoms with Gasteiger partial charge >= 0.3 is 0 Å². The Morgan fingerprint density at radius 2 is 2.24 bits per heavy atom. The third kappa shape index (κ3) is 3.58. The third-order valence-corrected chi connectivity index (χ3v) is 6.06. The quantitative estimate of drug-likeness (QED) is 0.613. The molecule has 0 saturated carbocycles. The van der Waals surface area contributed by atoms with Gasteiger partial charge in [0.15, 0.2) is 0 Å². The van der Waals surface area contributed by atoms with Gasteiger partial charge in [0.1, 0.15) is 0 Å². The summed E-state index contributed by atoms with van der Waals surface area (Å²) in [6, 6.07) is 7.68. The lowest BCUT2D eigenvalue weighted by Gasteiger charge is -2.45. The molecule has 1 atom stereocenters. The molecule has 0 aliphatic carbocycles. The molecule has 3 rings (SSSR count). The average Bonchev–Trinajstić information content (AvgIpc) is 3.08. The first kappa shape index (κ1) is 18.0. The molecule has 1 amide bonds. The van der Waals surface area contributed by atoms with Gasteiger partial charge in [0.05, 0.1) is 16.1 Å². The van der Waals surface area contributed by atoms with Crippen LogP contribution in [0.1, 0.15) is 53.9 Å². The van der Waals surface area contributed by atoms with Crippen molar-refractivity contribution >= 4 is 40.7 Å². The fourth-order valence-electron chi connectivity index (χ4n) is 3.33. The molecule has 2 heterocycles. The van der Waals surface area contributed by atoms with Crippen LogP contribution < -0.4 is 10.3 Å². The minimum atomic E-state index is -0.213. The Balaban J connectivity index is 1.83. The number of carbonyl (C=O) groups is 1. The van der Waals surface area contributed by atoms with Gasteiger partial charge in [-0.2, -0.15) is 5.10 Å². The van der Waals surface area contributed by atoms with Crippen LogP contribution in [-0.2, 0) is 0 Å². The summed E-state index contributed by atoms with van der Waals surface area (Å²) in [6.07, 6.45) is 2.68. The van der Waals surface area contributed by atoms with Crippen molar-refractivity contribution in [3.05, 3.63) is 50.7 Å². The summed E-state index contributed by atoms with van der Waals surface area (Å²) in [4.78, 5) is 14.8. The van der Waals surface area contributed by atoms with Gasteiger partial charge in [-0.1, -0.05) is 24.6 Å². The van der Waals surface area contributed by atoms with E-state index in [1.165, 1.54) is 16.9 Å². The first-order chi connectivity index (χ1) is 11.8. The zero-order valence-electron chi connectivity index (χ0n) is 14.8. The maximum absolute atomic E-state index is 11.9. The molecular weight excluding hydrogens is 354 g/mol. The van der Waals surface area contributed by atoms with Crippen LogP contribution in [0.5, 0.6) is 0 Å². The van der Waals surface area contributed by atoms with Crippen molar-refractivity contribution in [3.8, 4) is 0 Å². The minimum Gasteiger partial charge on any atom is -0.369 e. The molecule has 1 aromatic carbocycles. The lowest BCUT2D eigenvalue weighted by molar-refractivity contribution is 0.0959. The molecule has 6 heteroatoms. The van der Waals surface area contributed by atoms with Crippen LogP contribution in [0.25, 0.3) is 0 Å². The summed E-state index contributed by atoms with van der Waals surface area (Å²) in [7, 11) is 2.11. The summed E-state index contributed by atoms with van der Waals surface area (Å²) in [6.45, 7) is 6.73. The van der Waals surface area contributed by atoms with E-state index in [2.05, 4.69) is 49.3 Å². The fraction of sp³-hybridized carbons (Fsp3) is 0.368. The Kier molecular flexibility index (Phi) is 4.89. The Morgan fingerprint density at radius 1 is 1.48 bits per heavy atom. The summed E-state index contributed by atoms with van der Waals surface area (Å²) >= 11 is 7.84. The van der Waals surface area contributed by atoms with Crippen molar-refractivity contribution in [1.29, 1.82) is 0 Å². The van der Waals surface area contributed by atoms with Crippen molar-refractivity contribution in [3.63, 3.8) is 0 Å². The van der Waals surface area contributed by atoms with Crippen molar-refractivity contribution in [2.24, 2.45) is 5.10 Å². The Morgan fingerprint density at radius 3 is 2.92 bits per heavy atom. The SMILES string of the molecule is CC1CC(C)(C)N(C)c2cc(Cl)c(/C=N/NC(=O)c3cccs3)cc21. The van der Waals surface area contributed by atoms with Crippen LogP contribution in [0.2, 0.25) is 5.02 Å². The normalized spacial score (nSPS) is 19.1. The van der Waals surface area contributed by atoms with E-state index in [4.69, 9.17) is 11.6 Å². The second kappa shape index (κ2) is 6.81. The molecule has 1 N–H and O–H groups in total. The first-order valence-corrected chi connectivity index (χ1v) is 9.49. The van der Waals surface area contributed by atoms with Crippen molar-refractivity contribution in [1.82, 2.24) is 5.43 Å². The number of fused-ring (bicyclic) bond motifs is 1. The highest BCUT2D eigenvalue weighted by Crippen LogP contribution is 2.44. The third-order valence-electron chi connectivity index (χ3n) is 4.87. The van der Waals surface area contributed by atoms with E-state index in [1.54, 1.807) is 12.3 Å². The molecule has 1 unspecified atom stereocenters. The van der Waals surface area contributed by atoms with E-state index < -0.39 is 0 Å². The van der Waals surface area contributed by atoms with Crippen molar-refractivity contribution in [2.45, 2.75) is 38.6 Å². The number of rotatable bonds is 3. The lowest BCUT2D eigenvalue weighted by atomic mass is 9.80. The number of hydrogen-bond donors (Lipinski definition) is 1. The van der Waals surface area contributed by atoms with Gasteiger partial charge in [-0.05, 0) is 55.3 Å². The zero-order valence-corrected chi connectivity index (χ0v) is 16.4. The summed E-state index contributed by atoms with van der Waals surface area (Å²) < 4.78 is 0. The van der Waals surface area contributed by atoms with Gasteiger partial charge in [-0.15, -0.1) is 11.3 Å². The Hall–Kier alpha value is -1.85. The molecule has 2 aromatic rings. The molecular formula is C19H22ClN3OS. The van der Waals surface area contributed by atoms with E-state index in [9.17, 15) is 4.79 Å². The summed E-state index contributed by atoms with van der Waals surface area (Å²) in [5.74, 6) is 0.224. The van der Waals surface area contributed by atoms with Crippen molar-refractivity contribution < 1.29 is 4.79 Å². The second-order valence-electron chi connectivity index (χ2n) is 7.09. The molecule has 0 spiro atoms. The number of carbonyl (C=O) groups excluding carboxylic acids is 1. The van der Waals surface area contributed by atoms with Crippen LogP contribution in [0.15, 0.2) is 34.7 Å². The fourth-order valence-corrected chi connectivity index (χ4v) is 4.15. The molecule has 1 aromatic heterocycles. The van der Waals surface area contributed by atoms with Gasteiger partial charge in [0, 0.05) is 23.8 Å². The summed E-state index contributed by atoms with van der Waals surface area (Å²) in [5.41, 5.74) is 5.88. The van der Waals surface area contributed by atoms with E-state index in [1.807, 2.05) is 17.5 Å². The predicted molar refractivity (Wildman–Crippen MR) is 106 cm³/mol. The first-order valence-electron chi connectivity index (χ1n) is 8.24. The van der Waals surface area contributed by atoms with E-state index in [0.717, 1.165) is 17.7 Å². The monoisotopic (exact) mass is 375 g/mol. The smallest absolute Gasteiger partial charge is 0.281 e. The second-order valence-corrected chi connectivity index (χ2v) is 8.44. The van der Waals surface area contributed by atoms with E-state index in [-0.39, 0.29) is 11.4 Å². The number of anilines is 1. The number of hydrazone groups is 1. The number of hydrogen-bond acceptors (Lipinski definition) is 4. The molecule has 132 valence electrons. The highest BCUT2D eigenvalue weighted by atomic mass is 35.5. The van der Waals surface area contributed by atoms with Crippen LogP contribution in [0.3, 0.4) is 0 Å². The van der Waals surface area contributed by atoms with Gasteiger partial charge in [-0.25, -0.2) is 5.43 Å². The van der Waals surface area contributed by atoms with Gasteiger partial charge in [-0.3, -0.25) is 4.79 Å². The van der Waals surface area contributed by atoms with E-state index >= 15 is 0 Å². The van der Waals surface area contributed by atoms with Crippen LogP contribution >= 0.6 is 22.9 Å². The highest BCUT2D eigenvalue weighted by molar-refractivity contribution is 7.12. The minimum absolute atomic E-state index is 0.0973. The molecule has 1 aliphatic rings. The predicted octanol–water partition coefficient (Wildman–Crippen LogP) is 4.89. The highest BCUT2D eigenvalue weighted by Gasteiger charge is 2.34. The van der Waals surface area contributed by atoms with Crippen LogP contribution in [-0.4, -0.2) is 24.7 Å². The van der Waals surface area contributed by atoms with Crippen LogP contribution in [0, 0.1) is 0 Å². The molecule has 4 nitrogen and oxygen atoms in total. The average molecular weight is 376 g/mol. The maximum Gasteiger partial charge on any atom is 0.281 e. The largest absolute Gasteiger partial charge is 0.369 e. The van der Waals surface area contributed by atoms with Gasteiger partial charge in [0.25, 0.3) is 5.91 Å². The Bertz CT molecular complexity index is 814. The molecule has 1 aliphatic heterocycles. The molecule has 0 fully saturated rings. The van der Waals surface area contributed by atoms with E-state index in [0.29, 0.717) is 15.8 Å². The topological polar surface area (TPSA) is 44.7 Å². The zero-order chi connectivity index (χ0) is 18.2. The van der Waals surface area contributed by atoms with Gasteiger partial charge in [0.2, 0.25) is 0 Å². The standard InChI is InChI=1S/C19H22ClN3OS/c1-12-10-19(2,3)23(4)16-9-15(20)13(8-14(12)16)11-21-22-18(24)17-6-5-7-25-17/h5-9,11-12H,10H2,1-4H3,(H,22,24)/b21-11+. The van der Waals surface area contributed by atoms with Crippen LogP contribution in [0.4, 0.5) is 5.69 Å². The molecule has 0 saturated heterocycles. The molecule has 0 bridgehead atoms. The number of nitrogens with zero attached hydrogens (tertiary/aromatic N) is 2. The number of amides is 1. The van der Waals surface area contributed by atoms with Crippen molar-refractivity contribution in [2.75, 3.05) is 11.9 Å². The lowest BCUT2D eigenvalue weighted by Crippen LogP contribution is -2.45. The molecule has 25 heavy (non-hydrogen) atoms. The Labute approximate surface area is 157 Å². The number of nitrogens with one attached hydrogen (secondary N) is 1. The summed E-state index contributed by atoms with van der Waals surface area (Å²) in [5, 5.41) is 6.55. The maximum atomic E-state index is 11.9. The number of thiophene rings is 1. The molecule has 0 radical (unpaired) electrons. The number of benzene rings is 1. The number of halogens is 1. The van der Waals surface area contributed by atoms with Gasteiger partial charge < -0.3 is 4.90 Å².